The molecule has 1 aliphatic carbocycles. The first-order valence-electron chi connectivity index (χ1n) is 13.2. The highest BCUT2D eigenvalue weighted by atomic mass is 16.8. The highest BCUT2D eigenvalue weighted by Crippen LogP contribution is 2.61. The predicted octanol–water partition coefficient (Wildman–Crippen LogP) is 0.915. The molecular formula is C28H27NO12. The number of hydrogen-bond acceptors (Lipinski definition) is 12. The predicted molar refractivity (Wildman–Crippen MR) is 134 cm³/mol. The molecule has 1 spiro atoms. The summed E-state index contributed by atoms with van der Waals surface area (Å²) in [5.74, 6) is -6.14. The quantitative estimate of drug-likeness (QED) is 0.446. The van der Waals surface area contributed by atoms with Crippen molar-refractivity contribution in [3.05, 3.63) is 34.4 Å². The maximum absolute atomic E-state index is 14.6. The van der Waals surface area contributed by atoms with Crippen molar-refractivity contribution in [3.8, 4) is 11.5 Å². The number of aliphatic hydroxyl groups excluding tert-OH is 1. The van der Waals surface area contributed by atoms with E-state index in [-0.39, 0.29) is 52.6 Å². The number of ether oxygens (including phenoxy) is 5. The van der Waals surface area contributed by atoms with Crippen LogP contribution in [0.25, 0.3) is 10.8 Å². The monoisotopic (exact) mass is 569 g/mol. The van der Waals surface area contributed by atoms with Crippen molar-refractivity contribution in [2.75, 3.05) is 20.8 Å². The fourth-order valence-corrected chi connectivity index (χ4v) is 7.10. The molecule has 3 saturated heterocycles. The van der Waals surface area contributed by atoms with E-state index in [2.05, 4.69) is 0 Å². The van der Waals surface area contributed by atoms with Gasteiger partial charge in [0.1, 0.15) is 17.9 Å². The van der Waals surface area contributed by atoms with Crippen LogP contribution in [-0.4, -0.2) is 99.9 Å². The second kappa shape index (κ2) is 8.23. The molecule has 0 bridgehead atoms. The number of nitrogens with zero attached hydrogens (tertiary/aromatic N) is 1. The number of Topliss-reactive ketones (excluding diaryl/α,β-unsaturated/α-hetero) is 2. The van der Waals surface area contributed by atoms with Crippen LogP contribution >= 0.6 is 0 Å². The van der Waals surface area contributed by atoms with Crippen LogP contribution in [-0.2, 0) is 35.0 Å². The minimum atomic E-state index is -2.48. The maximum atomic E-state index is 14.6. The zero-order chi connectivity index (χ0) is 29.2. The Balaban J connectivity index is 1.49. The second-order valence-corrected chi connectivity index (χ2v) is 11.3. The Morgan fingerprint density at radius 1 is 1.07 bits per heavy atom. The van der Waals surface area contributed by atoms with E-state index in [0.717, 1.165) is 0 Å². The van der Waals surface area contributed by atoms with Crippen LogP contribution in [0, 0.1) is 0 Å². The molecule has 6 atom stereocenters. The summed E-state index contributed by atoms with van der Waals surface area (Å²) in [7, 11) is 2.73. The van der Waals surface area contributed by atoms with Crippen molar-refractivity contribution in [3.63, 3.8) is 0 Å². The number of ketones is 2. The first-order chi connectivity index (χ1) is 19.4. The average Bonchev–Trinajstić information content (AvgIpc) is 3.50. The number of hydrogen-bond donors (Lipinski definition) is 3. The topological polar surface area (TPSA) is 178 Å². The van der Waals surface area contributed by atoms with E-state index in [1.165, 1.54) is 31.2 Å². The number of aromatic hydroxyl groups is 2. The van der Waals surface area contributed by atoms with Gasteiger partial charge in [-0.2, -0.15) is 0 Å². The molecule has 13 nitrogen and oxygen atoms in total. The van der Waals surface area contributed by atoms with Crippen molar-refractivity contribution >= 4 is 34.2 Å². The number of benzene rings is 2. The lowest BCUT2D eigenvalue weighted by molar-refractivity contribution is -0.277. The first kappa shape index (κ1) is 26.3. The molecule has 4 heterocycles. The van der Waals surface area contributed by atoms with Crippen LogP contribution in [0.2, 0.25) is 0 Å². The molecule has 3 N–H and O–H groups in total. The van der Waals surface area contributed by atoms with Gasteiger partial charge < -0.3 is 43.9 Å². The lowest BCUT2D eigenvalue weighted by atomic mass is 9.65. The van der Waals surface area contributed by atoms with Gasteiger partial charge in [0.2, 0.25) is 23.0 Å². The summed E-state index contributed by atoms with van der Waals surface area (Å²) in [6.45, 7) is 1.13. The van der Waals surface area contributed by atoms with Crippen LogP contribution in [0.4, 0.5) is 0 Å². The van der Waals surface area contributed by atoms with E-state index < -0.39 is 83.3 Å². The number of methoxy groups -OCH3 is 1. The molecule has 216 valence electrons. The Kier molecular flexibility index (Phi) is 5.28. The minimum Gasteiger partial charge on any atom is -0.507 e. The third-order valence-electron chi connectivity index (χ3n) is 9.12. The Morgan fingerprint density at radius 3 is 2.54 bits per heavy atom. The minimum absolute atomic E-state index is 0.0193. The van der Waals surface area contributed by atoms with Gasteiger partial charge in [0.15, 0.2) is 6.29 Å². The van der Waals surface area contributed by atoms with E-state index in [1.807, 2.05) is 0 Å². The van der Waals surface area contributed by atoms with Gasteiger partial charge in [-0.25, -0.2) is 0 Å². The number of carbonyl (C=O) groups is 4. The zero-order valence-electron chi connectivity index (χ0n) is 22.4. The van der Waals surface area contributed by atoms with Gasteiger partial charge in [0.05, 0.1) is 29.9 Å². The van der Waals surface area contributed by atoms with Crippen molar-refractivity contribution in [1.29, 1.82) is 0 Å². The molecule has 0 aromatic heterocycles. The van der Waals surface area contributed by atoms with E-state index in [9.17, 15) is 34.5 Å². The number of fused-ring (bicyclic) bond motifs is 4. The van der Waals surface area contributed by atoms with E-state index >= 15 is 0 Å². The summed E-state index contributed by atoms with van der Waals surface area (Å²) in [4.78, 5) is 56.1. The number of aliphatic hydroxyl groups is 1. The zero-order valence-corrected chi connectivity index (χ0v) is 22.4. The SMILES string of the molecule is COC12CC(=O)OC13C(=O)c1c(cc4cc(O)c5c(c4c1O)CN(C)C5=O)C(=O)C3(OC1CCC(O)C(C)O1)CO2. The molecular weight excluding hydrogens is 542 g/mol. The van der Waals surface area contributed by atoms with Crippen LogP contribution in [0.15, 0.2) is 12.1 Å². The highest BCUT2D eigenvalue weighted by Gasteiger charge is 2.86. The van der Waals surface area contributed by atoms with Crippen LogP contribution in [0.1, 0.15) is 62.8 Å². The van der Waals surface area contributed by atoms with Gasteiger partial charge >= 0.3 is 5.97 Å². The van der Waals surface area contributed by atoms with Crippen LogP contribution < -0.4 is 0 Å². The van der Waals surface area contributed by atoms with Gasteiger partial charge in [-0.05, 0) is 36.4 Å². The van der Waals surface area contributed by atoms with Crippen molar-refractivity contribution in [2.45, 2.75) is 68.2 Å². The molecule has 0 saturated carbocycles. The summed E-state index contributed by atoms with van der Waals surface area (Å²) < 4.78 is 29.4. The molecule has 41 heavy (non-hydrogen) atoms. The molecule has 2 aromatic carbocycles. The first-order valence-corrected chi connectivity index (χ1v) is 13.2. The van der Waals surface area contributed by atoms with Gasteiger partial charge in [-0.1, -0.05) is 0 Å². The smallest absolute Gasteiger partial charge is 0.312 e. The Bertz CT molecular complexity index is 1600. The number of carbonyl (C=O) groups excluding carboxylic acids is 4. The van der Waals surface area contributed by atoms with E-state index in [0.29, 0.717) is 0 Å². The fourth-order valence-electron chi connectivity index (χ4n) is 7.10. The molecule has 5 aliphatic rings. The van der Waals surface area contributed by atoms with Gasteiger partial charge in [-0.15, -0.1) is 0 Å². The standard InChI is InChI=1S/C28H27NO12/c1-11-15(30)4-5-18(39-11)41-26-10-38-27(37-3)8-17(32)40-28(26,27)24(35)21-13(23(26)34)6-12-7-16(31)20-14(19(12)22(21)33)9-29(2)25(20)36/h6-7,11,15,18,30-31,33H,4-5,8-10H2,1-3H3. The third-order valence-corrected chi connectivity index (χ3v) is 9.12. The van der Waals surface area contributed by atoms with E-state index in [1.54, 1.807) is 6.92 Å². The second-order valence-electron chi connectivity index (χ2n) is 11.3. The highest BCUT2D eigenvalue weighted by molar-refractivity contribution is 6.28. The summed E-state index contributed by atoms with van der Waals surface area (Å²) in [6.07, 6.45) is -2.58. The van der Waals surface area contributed by atoms with Gasteiger partial charge in [0, 0.05) is 38.1 Å². The molecule has 13 heteroatoms. The van der Waals surface area contributed by atoms with Crippen molar-refractivity contribution < 1.29 is 58.2 Å². The van der Waals surface area contributed by atoms with Crippen LogP contribution in [0.5, 0.6) is 11.5 Å². The average molecular weight is 570 g/mol. The summed E-state index contributed by atoms with van der Waals surface area (Å²) >= 11 is 0. The molecule has 3 fully saturated rings. The van der Waals surface area contributed by atoms with Gasteiger partial charge in [-0.3, -0.25) is 19.2 Å². The number of phenols is 2. The lowest BCUT2D eigenvalue weighted by Gasteiger charge is -2.47. The summed E-state index contributed by atoms with van der Waals surface area (Å²) in [5.41, 5.74) is -5.16. The maximum Gasteiger partial charge on any atom is 0.312 e. The van der Waals surface area contributed by atoms with Crippen molar-refractivity contribution in [2.24, 2.45) is 0 Å². The van der Waals surface area contributed by atoms with E-state index in [4.69, 9.17) is 23.7 Å². The number of amides is 1. The largest absolute Gasteiger partial charge is 0.507 e. The van der Waals surface area contributed by atoms with Gasteiger partial charge in [0.25, 0.3) is 11.5 Å². The third kappa shape index (κ3) is 2.97. The number of rotatable bonds is 3. The Morgan fingerprint density at radius 2 is 1.83 bits per heavy atom. The normalized spacial score (nSPS) is 35.9. The lowest BCUT2D eigenvalue weighted by Crippen LogP contribution is -2.73. The number of esters is 1. The van der Waals surface area contributed by atoms with Crippen LogP contribution in [0.3, 0.4) is 0 Å². The molecule has 1 amide bonds. The Hall–Kier alpha value is -3.62. The molecule has 4 aliphatic heterocycles. The molecule has 6 unspecified atom stereocenters. The molecule has 0 radical (unpaired) electrons. The van der Waals surface area contributed by atoms with Crippen molar-refractivity contribution in [1.82, 2.24) is 4.90 Å². The summed E-state index contributed by atoms with van der Waals surface area (Å²) in [5, 5.41) is 32.8. The molecule has 2 aromatic rings. The fraction of sp³-hybridized carbons (Fsp3) is 0.500. The molecule has 7 rings (SSSR count). The summed E-state index contributed by atoms with van der Waals surface area (Å²) in [6, 6.07) is 2.58. The Labute approximate surface area is 232 Å². The number of phenolic OH excluding ortho intramolecular Hbond substituents is 2.